The molecule has 2 aromatic rings. The van der Waals surface area contributed by atoms with Crippen LogP contribution in [-0.2, 0) is 14.8 Å². The van der Waals surface area contributed by atoms with E-state index in [1.165, 1.54) is 4.31 Å². The molecule has 1 N–H and O–H groups in total. The van der Waals surface area contributed by atoms with E-state index in [1.807, 2.05) is 19.1 Å². The predicted octanol–water partition coefficient (Wildman–Crippen LogP) is 2.20. The molecule has 1 heterocycles. The third-order valence-electron chi connectivity index (χ3n) is 4.48. The molecule has 1 aliphatic rings. The first-order valence-corrected chi connectivity index (χ1v) is 10.5. The summed E-state index contributed by atoms with van der Waals surface area (Å²) in [7, 11) is -0.578. The molecule has 7 nitrogen and oxygen atoms in total. The Balaban J connectivity index is 1.96. The lowest BCUT2D eigenvalue weighted by Crippen LogP contribution is -2.27. The maximum Gasteiger partial charge on any atom is 0.264 e. The number of benzene rings is 2. The molecular weight excluding hydrogens is 378 g/mol. The molecular formula is C20H25N3O4S. The highest BCUT2D eigenvalue weighted by molar-refractivity contribution is 7.92. The summed E-state index contributed by atoms with van der Waals surface area (Å²) in [6.07, 6.45) is 0. The van der Waals surface area contributed by atoms with Crippen molar-refractivity contribution in [3.8, 4) is 5.75 Å². The maximum absolute atomic E-state index is 13.2. The Morgan fingerprint density at radius 3 is 2.54 bits per heavy atom. The van der Waals surface area contributed by atoms with Crippen LogP contribution in [0.3, 0.4) is 0 Å². The lowest BCUT2D eigenvalue weighted by Gasteiger charge is -2.21. The number of aliphatic imine (C=N–C) groups is 1. The van der Waals surface area contributed by atoms with E-state index in [1.54, 1.807) is 44.5 Å². The number of anilines is 1. The van der Waals surface area contributed by atoms with Crippen LogP contribution in [0.4, 0.5) is 5.69 Å². The monoisotopic (exact) mass is 403 g/mol. The second kappa shape index (κ2) is 8.62. The number of ether oxygens (including phenoxy) is 2. The molecule has 28 heavy (non-hydrogen) atoms. The molecule has 0 amide bonds. The van der Waals surface area contributed by atoms with E-state index in [2.05, 4.69) is 10.3 Å². The summed E-state index contributed by atoms with van der Waals surface area (Å²) in [6.45, 7) is 4.13. The highest BCUT2D eigenvalue weighted by Crippen LogP contribution is 2.28. The first-order chi connectivity index (χ1) is 13.4. The zero-order valence-electron chi connectivity index (χ0n) is 16.3. The second-order valence-electron chi connectivity index (χ2n) is 6.46. The number of rotatable bonds is 8. The zero-order chi connectivity index (χ0) is 20.1. The zero-order valence-corrected chi connectivity index (χ0v) is 17.1. The van der Waals surface area contributed by atoms with Gasteiger partial charge in [0.05, 0.1) is 29.3 Å². The largest absolute Gasteiger partial charge is 0.490 e. The number of nitrogens with one attached hydrogen (secondary N) is 1. The molecule has 150 valence electrons. The number of sulfonamides is 1. The van der Waals surface area contributed by atoms with Crippen molar-refractivity contribution in [2.24, 2.45) is 4.99 Å². The molecule has 0 atom stereocenters. The number of hydrogen-bond acceptors (Lipinski definition) is 6. The summed E-state index contributed by atoms with van der Waals surface area (Å²) in [5.41, 5.74) is 2.30. The summed E-state index contributed by atoms with van der Waals surface area (Å²) in [5.74, 6) is 1.21. The van der Waals surface area contributed by atoms with Gasteiger partial charge in [-0.2, -0.15) is 0 Å². The van der Waals surface area contributed by atoms with E-state index < -0.39 is 10.0 Å². The smallest absolute Gasteiger partial charge is 0.264 e. The molecule has 0 aromatic heterocycles. The van der Waals surface area contributed by atoms with Gasteiger partial charge in [-0.1, -0.05) is 17.7 Å². The van der Waals surface area contributed by atoms with Crippen molar-refractivity contribution in [3.05, 3.63) is 53.6 Å². The van der Waals surface area contributed by atoms with E-state index >= 15 is 0 Å². The number of hydrogen-bond donors (Lipinski definition) is 1. The van der Waals surface area contributed by atoms with Crippen molar-refractivity contribution < 1.29 is 17.9 Å². The van der Waals surface area contributed by atoms with Crippen molar-refractivity contribution >= 4 is 21.5 Å². The number of amidine groups is 1. The Labute approximate surface area is 166 Å². The number of methoxy groups -OCH3 is 1. The molecule has 0 fully saturated rings. The van der Waals surface area contributed by atoms with E-state index in [-0.39, 0.29) is 4.90 Å². The van der Waals surface area contributed by atoms with Crippen molar-refractivity contribution in [1.82, 2.24) is 5.32 Å². The fraction of sp³-hybridized carbons (Fsp3) is 0.350. The van der Waals surface area contributed by atoms with Crippen molar-refractivity contribution in [3.63, 3.8) is 0 Å². The Morgan fingerprint density at radius 1 is 1.14 bits per heavy atom. The summed E-state index contributed by atoms with van der Waals surface area (Å²) >= 11 is 0. The van der Waals surface area contributed by atoms with Crippen molar-refractivity contribution in [2.45, 2.75) is 11.8 Å². The van der Waals surface area contributed by atoms with Crippen LogP contribution >= 0.6 is 0 Å². The number of aryl methyl sites for hydroxylation is 1. The summed E-state index contributed by atoms with van der Waals surface area (Å²) in [5, 5.41) is 3.18. The number of nitrogens with zero attached hydrogens (tertiary/aromatic N) is 2. The third kappa shape index (κ3) is 4.28. The fourth-order valence-electron chi connectivity index (χ4n) is 2.85. The lowest BCUT2D eigenvalue weighted by atomic mass is 10.2. The van der Waals surface area contributed by atoms with E-state index in [4.69, 9.17) is 9.47 Å². The molecule has 0 bridgehead atoms. The third-order valence-corrected chi connectivity index (χ3v) is 6.26. The Kier molecular flexibility index (Phi) is 6.21. The average molecular weight is 404 g/mol. The van der Waals surface area contributed by atoms with Crippen LogP contribution in [0.2, 0.25) is 0 Å². The second-order valence-corrected chi connectivity index (χ2v) is 8.43. The van der Waals surface area contributed by atoms with Gasteiger partial charge >= 0.3 is 0 Å². The van der Waals surface area contributed by atoms with Gasteiger partial charge in [-0.25, -0.2) is 8.42 Å². The van der Waals surface area contributed by atoms with Crippen LogP contribution in [0.15, 0.2) is 52.4 Å². The van der Waals surface area contributed by atoms with Crippen molar-refractivity contribution in [2.75, 3.05) is 44.8 Å². The molecule has 0 radical (unpaired) electrons. The minimum atomic E-state index is -3.73. The van der Waals surface area contributed by atoms with Crippen LogP contribution in [0.5, 0.6) is 5.75 Å². The van der Waals surface area contributed by atoms with Crippen LogP contribution in [0.25, 0.3) is 0 Å². The van der Waals surface area contributed by atoms with Gasteiger partial charge < -0.3 is 14.8 Å². The Bertz CT molecular complexity index is 956. The fourth-order valence-corrected chi connectivity index (χ4v) is 4.07. The minimum Gasteiger partial charge on any atom is -0.490 e. The van der Waals surface area contributed by atoms with Crippen LogP contribution in [0, 0.1) is 6.92 Å². The van der Waals surface area contributed by atoms with Gasteiger partial charge in [-0.3, -0.25) is 9.30 Å². The minimum absolute atomic E-state index is 0.182. The quantitative estimate of drug-likeness (QED) is 0.684. The van der Waals surface area contributed by atoms with E-state index in [0.29, 0.717) is 49.1 Å². The van der Waals surface area contributed by atoms with Crippen molar-refractivity contribution in [1.29, 1.82) is 0 Å². The van der Waals surface area contributed by atoms with Crippen LogP contribution < -0.4 is 14.4 Å². The van der Waals surface area contributed by atoms with Gasteiger partial charge in [-0.15, -0.1) is 0 Å². The Morgan fingerprint density at radius 2 is 1.89 bits per heavy atom. The summed E-state index contributed by atoms with van der Waals surface area (Å²) < 4.78 is 38.4. The normalized spacial score (nSPS) is 13.8. The molecule has 1 aliphatic heterocycles. The standard InChI is InChI=1S/C20H25N3O4S/c1-15-4-6-16(7-5-15)23(2)28(24,25)17-8-9-19(27-13-12-26-3)18(14-17)20-21-10-11-22-20/h4-9,14H,10-13H2,1-3H3,(H,21,22). The van der Waals surface area contributed by atoms with E-state index in [9.17, 15) is 8.42 Å². The van der Waals surface area contributed by atoms with Gasteiger partial charge in [-0.05, 0) is 37.3 Å². The predicted molar refractivity (Wildman–Crippen MR) is 110 cm³/mol. The first-order valence-electron chi connectivity index (χ1n) is 9.03. The van der Waals surface area contributed by atoms with Gasteiger partial charge in [0.1, 0.15) is 18.2 Å². The molecule has 0 unspecified atom stereocenters. The van der Waals surface area contributed by atoms with Gasteiger partial charge in [0, 0.05) is 20.7 Å². The van der Waals surface area contributed by atoms with Gasteiger partial charge in [0.25, 0.3) is 10.0 Å². The maximum atomic E-state index is 13.2. The molecule has 2 aromatic carbocycles. The average Bonchev–Trinajstić information content (AvgIpc) is 3.23. The summed E-state index contributed by atoms with van der Waals surface area (Å²) in [6, 6.07) is 12.2. The Hall–Kier alpha value is -2.58. The molecule has 0 saturated carbocycles. The van der Waals surface area contributed by atoms with Gasteiger partial charge in [0.15, 0.2) is 0 Å². The van der Waals surface area contributed by atoms with E-state index in [0.717, 1.165) is 5.56 Å². The molecule has 8 heteroatoms. The highest BCUT2D eigenvalue weighted by Gasteiger charge is 2.24. The SMILES string of the molecule is COCCOc1ccc(S(=O)(=O)N(C)c2ccc(C)cc2)cc1C1=NCCN1. The molecule has 3 rings (SSSR count). The molecule has 0 aliphatic carbocycles. The molecule has 0 saturated heterocycles. The van der Waals surface area contributed by atoms with Gasteiger partial charge in [0.2, 0.25) is 0 Å². The van der Waals surface area contributed by atoms with Crippen LogP contribution in [-0.4, -0.2) is 54.7 Å². The van der Waals surface area contributed by atoms with Crippen LogP contribution in [0.1, 0.15) is 11.1 Å². The lowest BCUT2D eigenvalue weighted by molar-refractivity contribution is 0.146. The highest BCUT2D eigenvalue weighted by atomic mass is 32.2. The summed E-state index contributed by atoms with van der Waals surface area (Å²) in [4.78, 5) is 4.60. The molecule has 0 spiro atoms. The first kappa shape index (κ1) is 20.2. The topological polar surface area (TPSA) is 80.2 Å².